The van der Waals surface area contributed by atoms with E-state index in [0.29, 0.717) is 22.8 Å². The lowest BCUT2D eigenvalue weighted by Crippen LogP contribution is -2.20. The molecule has 0 aliphatic carbocycles. The van der Waals surface area contributed by atoms with Crippen LogP contribution in [0.2, 0.25) is 0 Å². The molecule has 7 heteroatoms. The number of aromatic nitrogens is 1. The zero-order chi connectivity index (χ0) is 19.1. The molecular weight excluding hydrogens is 365 g/mol. The van der Waals surface area contributed by atoms with E-state index in [-0.39, 0.29) is 18.2 Å². The number of halogens is 1. The summed E-state index contributed by atoms with van der Waals surface area (Å²) in [6, 6.07) is 17.4. The van der Waals surface area contributed by atoms with Gasteiger partial charge >= 0.3 is 0 Å². The fraction of sp³-hybridized carbons (Fsp3) is 0.100. The summed E-state index contributed by atoms with van der Waals surface area (Å²) >= 11 is 1.66. The molecule has 0 aliphatic rings. The summed E-state index contributed by atoms with van der Waals surface area (Å²) in [5.41, 5.74) is 3.03. The molecule has 1 heterocycles. The molecule has 0 saturated carbocycles. The van der Waals surface area contributed by atoms with Crippen LogP contribution in [-0.4, -0.2) is 22.3 Å². The Morgan fingerprint density at radius 2 is 1.93 bits per heavy atom. The van der Waals surface area contributed by atoms with Crippen molar-refractivity contribution >= 4 is 17.6 Å². The molecule has 0 radical (unpaired) electrons. The van der Waals surface area contributed by atoms with Crippen molar-refractivity contribution in [3.05, 3.63) is 83.8 Å². The monoisotopic (exact) mass is 383 g/mol. The van der Waals surface area contributed by atoms with Crippen molar-refractivity contribution in [3.8, 4) is 11.6 Å². The van der Waals surface area contributed by atoms with Gasteiger partial charge in [0, 0.05) is 28.3 Å². The molecular formula is C20H18FN3O2S. The Morgan fingerprint density at radius 3 is 2.56 bits per heavy atom. The van der Waals surface area contributed by atoms with Gasteiger partial charge in [-0.25, -0.2) is 9.37 Å². The highest BCUT2D eigenvalue weighted by Crippen LogP contribution is 2.23. The standard InChI is InChI=1S/C20H18FN3O2S/c1-27-17-9-7-16(8-10-17)26-19-11-6-15(13-22-19)20(24-25)23-12-14-4-2-3-5-18(14)21/h2-11,13,25H,12H2,1H3,(H,23,24). The molecule has 0 amide bonds. The minimum atomic E-state index is -0.340. The molecule has 2 N–H and O–H groups in total. The van der Waals surface area contributed by atoms with Crippen LogP contribution in [0.5, 0.6) is 11.6 Å². The van der Waals surface area contributed by atoms with Crippen molar-refractivity contribution in [2.75, 3.05) is 6.26 Å². The highest BCUT2D eigenvalue weighted by atomic mass is 32.2. The first-order chi connectivity index (χ1) is 13.2. The molecule has 27 heavy (non-hydrogen) atoms. The number of nitrogens with zero attached hydrogens (tertiary/aromatic N) is 2. The van der Waals surface area contributed by atoms with Crippen molar-refractivity contribution < 1.29 is 14.3 Å². The first-order valence-corrected chi connectivity index (χ1v) is 9.38. The summed E-state index contributed by atoms with van der Waals surface area (Å²) in [7, 11) is 0. The molecule has 2 aromatic carbocycles. The van der Waals surface area contributed by atoms with E-state index in [4.69, 9.17) is 4.74 Å². The van der Waals surface area contributed by atoms with Gasteiger partial charge in [-0.15, -0.1) is 11.8 Å². The number of hydrogen-bond acceptors (Lipinski definition) is 5. The zero-order valence-electron chi connectivity index (χ0n) is 14.6. The van der Waals surface area contributed by atoms with Crippen LogP contribution in [0.25, 0.3) is 0 Å². The van der Waals surface area contributed by atoms with Gasteiger partial charge in [-0.2, -0.15) is 0 Å². The number of amidine groups is 1. The third-order valence-electron chi connectivity index (χ3n) is 3.76. The molecule has 0 atom stereocenters. The maximum Gasteiger partial charge on any atom is 0.219 e. The van der Waals surface area contributed by atoms with E-state index in [0.717, 1.165) is 4.90 Å². The molecule has 0 fully saturated rings. The van der Waals surface area contributed by atoms with Gasteiger partial charge in [0.25, 0.3) is 0 Å². The van der Waals surface area contributed by atoms with Crippen LogP contribution in [0.15, 0.2) is 76.7 Å². The van der Waals surface area contributed by atoms with E-state index in [1.807, 2.05) is 36.0 Å². The maximum absolute atomic E-state index is 13.7. The second kappa shape index (κ2) is 9.16. The van der Waals surface area contributed by atoms with Crippen molar-refractivity contribution in [3.63, 3.8) is 0 Å². The number of ether oxygens (including phenoxy) is 1. The minimum absolute atomic E-state index is 0.0929. The van der Waals surface area contributed by atoms with Gasteiger partial charge in [-0.05, 0) is 42.7 Å². The molecule has 3 rings (SSSR count). The first-order valence-electron chi connectivity index (χ1n) is 8.16. The Labute approximate surface area is 160 Å². The molecule has 0 saturated heterocycles. The van der Waals surface area contributed by atoms with Crippen LogP contribution in [0.3, 0.4) is 0 Å². The summed E-state index contributed by atoms with van der Waals surface area (Å²) in [4.78, 5) is 9.58. The lowest BCUT2D eigenvalue weighted by molar-refractivity contribution is 0.234. The second-order valence-corrected chi connectivity index (χ2v) is 6.41. The molecule has 138 valence electrons. The molecule has 0 bridgehead atoms. The quantitative estimate of drug-likeness (QED) is 0.280. The van der Waals surface area contributed by atoms with Crippen LogP contribution >= 0.6 is 11.8 Å². The Balaban J connectivity index is 1.70. The van der Waals surface area contributed by atoms with Gasteiger partial charge in [0.1, 0.15) is 11.6 Å². The Morgan fingerprint density at radius 1 is 1.15 bits per heavy atom. The van der Waals surface area contributed by atoms with Crippen LogP contribution in [-0.2, 0) is 6.54 Å². The van der Waals surface area contributed by atoms with E-state index >= 15 is 0 Å². The normalized spacial score (nSPS) is 11.3. The number of hydrogen-bond donors (Lipinski definition) is 2. The van der Waals surface area contributed by atoms with E-state index in [1.165, 1.54) is 12.3 Å². The van der Waals surface area contributed by atoms with E-state index in [2.05, 4.69) is 9.98 Å². The molecule has 0 aliphatic heterocycles. The van der Waals surface area contributed by atoms with Crippen molar-refractivity contribution in [2.24, 2.45) is 4.99 Å². The number of nitrogens with one attached hydrogen (secondary N) is 1. The van der Waals surface area contributed by atoms with E-state index in [9.17, 15) is 9.60 Å². The van der Waals surface area contributed by atoms with Crippen molar-refractivity contribution in [1.82, 2.24) is 10.5 Å². The first kappa shape index (κ1) is 18.9. The third-order valence-corrected chi connectivity index (χ3v) is 4.51. The number of thioether (sulfide) groups is 1. The predicted molar refractivity (Wildman–Crippen MR) is 104 cm³/mol. The van der Waals surface area contributed by atoms with E-state index < -0.39 is 0 Å². The van der Waals surface area contributed by atoms with Gasteiger partial charge in [0.15, 0.2) is 5.84 Å². The smallest absolute Gasteiger partial charge is 0.219 e. The summed E-state index contributed by atoms with van der Waals surface area (Å²) in [6.07, 6.45) is 3.53. The Bertz CT molecular complexity index is 915. The fourth-order valence-corrected chi connectivity index (χ4v) is 2.74. The molecule has 5 nitrogen and oxygen atoms in total. The van der Waals surface area contributed by atoms with Gasteiger partial charge in [0.05, 0.1) is 6.54 Å². The summed E-state index contributed by atoms with van der Waals surface area (Å²) in [5, 5.41) is 9.35. The van der Waals surface area contributed by atoms with Crippen LogP contribution in [0.4, 0.5) is 4.39 Å². The predicted octanol–water partition coefficient (Wildman–Crippen LogP) is 4.66. The third kappa shape index (κ3) is 5.06. The highest BCUT2D eigenvalue weighted by Gasteiger charge is 2.06. The summed E-state index contributed by atoms with van der Waals surface area (Å²) in [5.74, 6) is 0.957. The topological polar surface area (TPSA) is 66.7 Å². The Hall–Kier alpha value is -2.90. The molecule has 1 aromatic heterocycles. The molecule has 0 spiro atoms. The average molecular weight is 383 g/mol. The van der Waals surface area contributed by atoms with Crippen molar-refractivity contribution in [1.29, 1.82) is 0 Å². The van der Waals surface area contributed by atoms with Gasteiger partial charge < -0.3 is 4.74 Å². The minimum Gasteiger partial charge on any atom is -0.439 e. The number of pyridine rings is 1. The fourth-order valence-electron chi connectivity index (χ4n) is 2.33. The number of benzene rings is 2. The average Bonchev–Trinajstić information content (AvgIpc) is 2.71. The van der Waals surface area contributed by atoms with Gasteiger partial charge in [0.2, 0.25) is 5.88 Å². The van der Waals surface area contributed by atoms with Crippen LogP contribution in [0.1, 0.15) is 11.1 Å². The highest BCUT2D eigenvalue weighted by molar-refractivity contribution is 7.98. The Kier molecular flexibility index (Phi) is 6.40. The largest absolute Gasteiger partial charge is 0.439 e. The van der Waals surface area contributed by atoms with Crippen LogP contribution < -0.4 is 10.2 Å². The zero-order valence-corrected chi connectivity index (χ0v) is 15.4. The molecule has 0 unspecified atom stereocenters. The second-order valence-electron chi connectivity index (χ2n) is 5.53. The van der Waals surface area contributed by atoms with Gasteiger partial charge in [-0.1, -0.05) is 18.2 Å². The van der Waals surface area contributed by atoms with E-state index in [1.54, 1.807) is 42.1 Å². The maximum atomic E-state index is 13.7. The van der Waals surface area contributed by atoms with Crippen molar-refractivity contribution in [2.45, 2.75) is 11.4 Å². The lowest BCUT2D eigenvalue weighted by Gasteiger charge is -2.08. The summed E-state index contributed by atoms with van der Waals surface area (Å²) < 4.78 is 19.4. The lowest BCUT2D eigenvalue weighted by atomic mass is 10.2. The number of hydroxylamine groups is 1. The number of rotatable bonds is 6. The molecule has 3 aromatic rings. The number of aliphatic imine (C=N–C) groups is 1. The summed E-state index contributed by atoms with van der Waals surface area (Å²) in [6.45, 7) is 0.0929. The SMILES string of the molecule is CSc1ccc(Oc2ccc(C(=NCc3ccccc3F)NO)cn2)cc1. The van der Waals surface area contributed by atoms with Crippen LogP contribution in [0, 0.1) is 5.82 Å². The van der Waals surface area contributed by atoms with Gasteiger partial charge in [-0.3, -0.25) is 15.7 Å².